The van der Waals surface area contributed by atoms with Crippen LogP contribution in [0, 0.1) is 0 Å². The third kappa shape index (κ3) is 3.57. The Morgan fingerprint density at radius 2 is 1.09 bits per heavy atom. The summed E-state index contributed by atoms with van der Waals surface area (Å²) in [6.07, 6.45) is 7.12. The molecule has 0 fully saturated rings. The summed E-state index contributed by atoms with van der Waals surface area (Å²) < 4.78 is 11.0. The minimum absolute atomic E-state index is 0.167. The molecule has 0 N–H and O–H groups in total. The predicted molar refractivity (Wildman–Crippen MR) is 185 cm³/mol. The van der Waals surface area contributed by atoms with E-state index >= 15 is 0 Å². The molecule has 0 saturated carbocycles. The van der Waals surface area contributed by atoms with Crippen LogP contribution in [-0.2, 0) is 6.42 Å². The highest BCUT2D eigenvalue weighted by molar-refractivity contribution is 6.10. The van der Waals surface area contributed by atoms with Crippen LogP contribution in [0.5, 0.6) is 0 Å². The fourth-order valence-electron chi connectivity index (χ4n) is 7.54. The van der Waals surface area contributed by atoms with E-state index in [0.717, 1.165) is 34.7 Å². The molecule has 9 aromatic rings. The molecule has 0 aliphatic heterocycles. The van der Waals surface area contributed by atoms with Crippen molar-refractivity contribution in [3.8, 4) is 11.4 Å². The van der Waals surface area contributed by atoms with Gasteiger partial charge in [-0.1, -0.05) is 78.9 Å². The van der Waals surface area contributed by atoms with Gasteiger partial charge in [0.15, 0.2) is 5.58 Å². The van der Waals surface area contributed by atoms with E-state index in [1.165, 1.54) is 54.7 Å². The minimum atomic E-state index is 0.167. The van der Waals surface area contributed by atoms with Crippen molar-refractivity contribution < 1.29 is 4.42 Å². The first kappa shape index (κ1) is 24.6. The van der Waals surface area contributed by atoms with Crippen molar-refractivity contribution in [1.82, 2.24) is 14.1 Å². The molecule has 1 atom stereocenters. The number of para-hydroxylation sites is 4. The molecule has 212 valence electrons. The van der Waals surface area contributed by atoms with Gasteiger partial charge < -0.3 is 13.6 Å². The summed E-state index contributed by atoms with van der Waals surface area (Å²) in [7, 11) is 0. The molecular formula is C41H27N3O. The number of hydrogen-bond donors (Lipinski definition) is 0. The number of rotatable bonds is 3. The maximum Gasteiger partial charge on any atom is 0.153 e. The lowest BCUT2D eigenvalue weighted by molar-refractivity contribution is 0.591. The molecule has 0 spiro atoms. The summed E-state index contributed by atoms with van der Waals surface area (Å²) in [6, 6.07) is 46.0. The van der Waals surface area contributed by atoms with E-state index in [4.69, 9.17) is 9.40 Å². The average Bonchev–Trinajstić information content (AvgIpc) is 3.75. The molecule has 0 radical (unpaired) electrons. The highest BCUT2D eigenvalue weighted by Gasteiger charge is 2.24. The van der Waals surface area contributed by atoms with Crippen LogP contribution >= 0.6 is 0 Å². The summed E-state index contributed by atoms with van der Waals surface area (Å²) >= 11 is 0. The van der Waals surface area contributed by atoms with Crippen molar-refractivity contribution >= 4 is 60.8 Å². The summed E-state index contributed by atoms with van der Waals surface area (Å²) in [5.74, 6) is 1.08. The van der Waals surface area contributed by atoms with Gasteiger partial charge in [-0.3, -0.25) is 4.98 Å². The smallest absolute Gasteiger partial charge is 0.153 e. The maximum absolute atomic E-state index is 6.18. The van der Waals surface area contributed by atoms with Gasteiger partial charge in [-0.15, -0.1) is 0 Å². The fourth-order valence-corrected chi connectivity index (χ4v) is 7.54. The highest BCUT2D eigenvalue weighted by Crippen LogP contribution is 2.40. The Labute approximate surface area is 259 Å². The van der Waals surface area contributed by atoms with Gasteiger partial charge in [0.05, 0.1) is 22.1 Å². The van der Waals surface area contributed by atoms with Crippen molar-refractivity contribution in [1.29, 1.82) is 0 Å². The summed E-state index contributed by atoms with van der Waals surface area (Å²) in [5, 5.41) is 5.04. The zero-order chi connectivity index (χ0) is 29.5. The van der Waals surface area contributed by atoms with Crippen molar-refractivity contribution in [3.63, 3.8) is 0 Å². The van der Waals surface area contributed by atoms with Crippen LogP contribution < -0.4 is 0 Å². The number of benzene rings is 5. The fraction of sp³-hybridized carbons (Fsp3) is 0.0488. The van der Waals surface area contributed by atoms with Gasteiger partial charge in [0, 0.05) is 50.6 Å². The van der Waals surface area contributed by atoms with Crippen LogP contribution in [0.15, 0.2) is 144 Å². The Balaban J connectivity index is 1.26. The van der Waals surface area contributed by atoms with Crippen molar-refractivity contribution in [2.24, 2.45) is 0 Å². The van der Waals surface area contributed by atoms with Gasteiger partial charge in [0.2, 0.25) is 0 Å². The number of fused-ring (bicyclic) bond motifs is 9. The Kier molecular flexibility index (Phi) is 5.08. The Morgan fingerprint density at radius 3 is 1.62 bits per heavy atom. The van der Waals surface area contributed by atoms with Gasteiger partial charge in [-0.25, -0.2) is 0 Å². The lowest BCUT2D eigenvalue weighted by Crippen LogP contribution is -2.08. The standard InChI is InChI=1S/C41H27N3O/c1-5-14-35-30(10-1)31-11-2-6-15-36(31)43(35)28-22-27(26-19-20-39-34(24-26)41-40(45-39)18-9-21-42-41)23-29(25-28)44-37-16-7-3-12-32(37)33-13-4-8-17-38(33)44/h1-23,25-26H,24H2. The Bertz CT molecular complexity index is 2410. The molecule has 4 heteroatoms. The number of allylic oxidation sites excluding steroid dienone is 1. The van der Waals surface area contributed by atoms with Crippen LogP contribution in [0.4, 0.5) is 0 Å². The topological polar surface area (TPSA) is 35.9 Å². The number of furan rings is 1. The number of aromatic nitrogens is 3. The Morgan fingerprint density at radius 1 is 0.578 bits per heavy atom. The quantitative estimate of drug-likeness (QED) is 0.209. The summed E-state index contributed by atoms with van der Waals surface area (Å²) in [5.41, 5.74) is 11.4. The number of nitrogens with zero attached hydrogens (tertiary/aromatic N) is 3. The van der Waals surface area contributed by atoms with E-state index in [2.05, 4.69) is 137 Å². The van der Waals surface area contributed by atoms with Gasteiger partial charge in [-0.05, 0) is 72.7 Å². The van der Waals surface area contributed by atoms with E-state index in [1.807, 2.05) is 18.3 Å². The van der Waals surface area contributed by atoms with Crippen LogP contribution in [-0.4, -0.2) is 14.1 Å². The van der Waals surface area contributed by atoms with E-state index in [9.17, 15) is 0 Å². The molecule has 45 heavy (non-hydrogen) atoms. The summed E-state index contributed by atoms with van der Waals surface area (Å²) in [6.45, 7) is 0. The first-order valence-corrected chi connectivity index (χ1v) is 15.5. The molecular weight excluding hydrogens is 550 g/mol. The molecule has 4 nitrogen and oxygen atoms in total. The molecule has 1 unspecified atom stereocenters. The zero-order valence-electron chi connectivity index (χ0n) is 24.4. The van der Waals surface area contributed by atoms with Gasteiger partial charge >= 0.3 is 0 Å². The number of pyridine rings is 1. The molecule has 4 heterocycles. The largest absolute Gasteiger partial charge is 0.455 e. The Hall–Kier alpha value is -5.87. The monoisotopic (exact) mass is 577 g/mol. The summed E-state index contributed by atoms with van der Waals surface area (Å²) in [4.78, 5) is 4.70. The predicted octanol–water partition coefficient (Wildman–Crippen LogP) is 10.4. The van der Waals surface area contributed by atoms with Crippen molar-refractivity contribution in [3.05, 3.63) is 157 Å². The molecule has 1 aliphatic rings. The second kappa shape index (κ2) is 9.31. The minimum Gasteiger partial charge on any atom is -0.455 e. The van der Waals surface area contributed by atoms with Gasteiger partial charge in [0.1, 0.15) is 11.3 Å². The van der Waals surface area contributed by atoms with E-state index in [-0.39, 0.29) is 5.92 Å². The third-order valence-electron chi connectivity index (χ3n) is 9.51. The normalized spacial score (nSPS) is 14.7. The van der Waals surface area contributed by atoms with Gasteiger partial charge in [-0.2, -0.15) is 0 Å². The van der Waals surface area contributed by atoms with Crippen LogP contribution in [0.3, 0.4) is 0 Å². The van der Waals surface area contributed by atoms with E-state index in [1.54, 1.807) is 0 Å². The maximum atomic E-state index is 6.18. The lowest BCUT2D eigenvalue weighted by Gasteiger charge is -2.21. The molecule has 0 saturated heterocycles. The molecule has 4 aromatic heterocycles. The SMILES string of the molecule is C1=CC(c2cc(-n3c4ccccc4c4ccccc43)cc(-n3c4ccccc4c4ccccc43)c2)Cc2c1oc1cccnc21. The van der Waals surface area contributed by atoms with E-state index in [0.29, 0.717) is 0 Å². The second-order valence-electron chi connectivity index (χ2n) is 12.0. The van der Waals surface area contributed by atoms with Crippen LogP contribution in [0.2, 0.25) is 0 Å². The molecule has 0 amide bonds. The molecule has 1 aliphatic carbocycles. The molecule has 0 bridgehead atoms. The first-order valence-electron chi connectivity index (χ1n) is 15.5. The third-order valence-corrected chi connectivity index (χ3v) is 9.51. The molecule has 10 rings (SSSR count). The van der Waals surface area contributed by atoms with E-state index < -0.39 is 0 Å². The highest BCUT2D eigenvalue weighted by atomic mass is 16.3. The van der Waals surface area contributed by atoms with Crippen LogP contribution in [0.25, 0.3) is 72.2 Å². The number of hydrogen-bond acceptors (Lipinski definition) is 2. The van der Waals surface area contributed by atoms with Crippen molar-refractivity contribution in [2.75, 3.05) is 0 Å². The zero-order valence-corrected chi connectivity index (χ0v) is 24.4. The first-order chi connectivity index (χ1) is 22.3. The lowest BCUT2D eigenvalue weighted by atomic mass is 9.87. The second-order valence-corrected chi connectivity index (χ2v) is 12.0. The molecule has 5 aromatic carbocycles. The average molecular weight is 578 g/mol. The van der Waals surface area contributed by atoms with Gasteiger partial charge in [0.25, 0.3) is 0 Å². The van der Waals surface area contributed by atoms with Crippen LogP contribution in [0.1, 0.15) is 22.8 Å². The van der Waals surface area contributed by atoms with Crippen molar-refractivity contribution in [2.45, 2.75) is 12.3 Å².